The first-order chi connectivity index (χ1) is 8.25. The molecule has 2 atom stereocenters. The number of hydrogen-bond acceptors (Lipinski definition) is 3. The molecule has 0 aromatic rings. The van der Waals surface area contributed by atoms with E-state index in [1.165, 1.54) is 45.1 Å². The minimum Gasteiger partial charge on any atom is -0.381 e. The molecule has 0 aliphatic heterocycles. The quantitative estimate of drug-likeness (QED) is 0.773. The summed E-state index contributed by atoms with van der Waals surface area (Å²) in [6, 6.07) is 0.814. The standard InChI is InChI=1S/C14H28N2O/c1-3-9-16(12-6-7-12)14(11-15)8-4-5-13(10-14)17-2/h12-13H,3-11,15H2,1-2H3. The highest BCUT2D eigenvalue weighted by Gasteiger charge is 2.45. The van der Waals surface area contributed by atoms with E-state index in [2.05, 4.69) is 11.8 Å². The molecule has 0 bridgehead atoms. The van der Waals surface area contributed by atoms with Gasteiger partial charge in [0.25, 0.3) is 0 Å². The predicted molar refractivity (Wildman–Crippen MR) is 71.1 cm³/mol. The van der Waals surface area contributed by atoms with Gasteiger partial charge in [-0.2, -0.15) is 0 Å². The van der Waals surface area contributed by atoms with Gasteiger partial charge >= 0.3 is 0 Å². The van der Waals surface area contributed by atoms with Crippen LogP contribution in [-0.4, -0.2) is 42.8 Å². The Kier molecular flexibility index (Phi) is 4.45. The van der Waals surface area contributed by atoms with Crippen molar-refractivity contribution in [3.05, 3.63) is 0 Å². The molecule has 0 amide bonds. The molecule has 2 saturated carbocycles. The zero-order chi connectivity index (χ0) is 12.3. The highest BCUT2D eigenvalue weighted by Crippen LogP contribution is 2.41. The second-order valence-corrected chi connectivity index (χ2v) is 5.81. The van der Waals surface area contributed by atoms with Crippen molar-refractivity contribution in [2.75, 3.05) is 20.2 Å². The van der Waals surface area contributed by atoms with Gasteiger partial charge < -0.3 is 10.5 Å². The fraction of sp³-hybridized carbons (Fsp3) is 1.00. The van der Waals surface area contributed by atoms with Crippen LogP contribution >= 0.6 is 0 Å². The van der Waals surface area contributed by atoms with E-state index in [1.807, 2.05) is 7.11 Å². The van der Waals surface area contributed by atoms with Gasteiger partial charge in [-0.3, -0.25) is 4.90 Å². The molecule has 3 heteroatoms. The van der Waals surface area contributed by atoms with E-state index in [0.29, 0.717) is 6.10 Å². The summed E-state index contributed by atoms with van der Waals surface area (Å²) in [6.45, 7) is 4.28. The Morgan fingerprint density at radius 3 is 2.65 bits per heavy atom. The summed E-state index contributed by atoms with van der Waals surface area (Å²) in [5.74, 6) is 0. The first-order valence-electron chi connectivity index (χ1n) is 7.25. The normalized spacial score (nSPS) is 34.2. The van der Waals surface area contributed by atoms with Crippen LogP contribution in [0.15, 0.2) is 0 Å². The van der Waals surface area contributed by atoms with E-state index >= 15 is 0 Å². The van der Waals surface area contributed by atoms with E-state index in [0.717, 1.165) is 19.0 Å². The summed E-state index contributed by atoms with van der Waals surface area (Å²) in [5, 5.41) is 0. The van der Waals surface area contributed by atoms with Gasteiger partial charge in [0.05, 0.1) is 6.10 Å². The molecule has 0 saturated heterocycles. The summed E-state index contributed by atoms with van der Waals surface area (Å²) >= 11 is 0. The summed E-state index contributed by atoms with van der Waals surface area (Å²) in [5.41, 5.74) is 6.39. The van der Waals surface area contributed by atoms with Gasteiger partial charge in [-0.15, -0.1) is 0 Å². The molecular formula is C14H28N2O. The van der Waals surface area contributed by atoms with Crippen LogP contribution in [0, 0.1) is 0 Å². The fourth-order valence-electron chi connectivity index (χ4n) is 3.49. The lowest BCUT2D eigenvalue weighted by atomic mass is 9.78. The van der Waals surface area contributed by atoms with Crippen LogP contribution in [0.25, 0.3) is 0 Å². The first-order valence-corrected chi connectivity index (χ1v) is 7.25. The second-order valence-electron chi connectivity index (χ2n) is 5.81. The lowest BCUT2D eigenvalue weighted by molar-refractivity contribution is -0.0259. The average molecular weight is 240 g/mol. The van der Waals surface area contributed by atoms with Crippen molar-refractivity contribution < 1.29 is 4.74 Å². The van der Waals surface area contributed by atoms with Crippen LogP contribution in [0.3, 0.4) is 0 Å². The van der Waals surface area contributed by atoms with Crippen molar-refractivity contribution in [1.82, 2.24) is 4.90 Å². The van der Waals surface area contributed by atoms with Crippen LogP contribution in [0.1, 0.15) is 51.9 Å². The summed E-state index contributed by atoms with van der Waals surface area (Å²) in [4.78, 5) is 2.72. The summed E-state index contributed by atoms with van der Waals surface area (Å²) < 4.78 is 5.59. The molecule has 0 aromatic heterocycles. The Morgan fingerprint density at radius 2 is 2.12 bits per heavy atom. The van der Waals surface area contributed by atoms with Crippen LogP contribution in [-0.2, 0) is 4.74 Å². The van der Waals surface area contributed by atoms with E-state index in [-0.39, 0.29) is 5.54 Å². The first kappa shape index (κ1) is 13.3. The Labute approximate surface area is 106 Å². The minimum atomic E-state index is 0.232. The maximum absolute atomic E-state index is 6.15. The van der Waals surface area contributed by atoms with Crippen molar-refractivity contribution in [3.8, 4) is 0 Å². The highest BCUT2D eigenvalue weighted by atomic mass is 16.5. The molecule has 2 rings (SSSR count). The molecule has 100 valence electrons. The number of rotatable bonds is 6. The molecule has 2 aliphatic carbocycles. The van der Waals surface area contributed by atoms with Gasteiger partial charge in [0.2, 0.25) is 0 Å². The molecule has 0 spiro atoms. The largest absolute Gasteiger partial charge is 0.381 e. The number of ether oxygens (including phenoxy) is 1. The molecule has 2 aliphatic rings. The molecule has 0 heterocycles. The lowest BCUT2D eigenvalue weighted by Gasteiger charge is -2.48. The third kappa shape index (κ3) is 2.83. The summed E-state index contributed by atoms with van der Waals surface area (Å²) in [6.07, 6.45) is 9.28. The Morgan fingerprint density at radius 1 is 1.35 bits per heavy atom. The maximum atomic E-state index is 6.15. The van der Waals surface area contributed by atoms with Crippen molar-refractivity contribution in [2.45, 2.75) is 69.6 Å². The van der Waals surface area contributed by atoms with Gasteiger partial charge in [0.15, 0.2) is 0 Å². The number of methoxy groups -OCH3 is 1. The smallest absolute Gasteiger partial charge is 0.0589 e. The number of nitrogens with zero attached hydrogens (tertiary/aromatic N) is 1. The van der Waals surface area contributed by atoms with Gasteiger partial charge in [-0.1, -0.05) is 6.92 Å². The fourth-order valence-corrected chi connectivity index (χ4v) is 3.49. The molecule has 17 heavy (non-hydrogen) atoms. The van der Waals surface area contributed by atoms with E-state index < -0.39 is 0 Å². The van der Waals surface area contributed by atoms with Crippen molar-refractivity contribution in [1.29, 1.82) is 0 Å². The molecule has 3 nitrogen and oxygen atoms in total. The van der Waals surface area contributed by atoms with Crippen LogP contribution in [0.2, 0.25) is 0 Å². The third-order valence-electron chi connectivity index (χ3n) is 4.55. The van der Waals surface area contributed by atoms with E-state index in [4.69, 9.17) is 10.5 Å². The third-order valence-corrected chi connectivity index (χ3v) is 4.55. The molecule has 2 N–H and O–H groups in total. The Hall–Kier alpha value is -0.120. The van der Waals surface area contributed by atoms with Crippen molar-refractivity contribution in [2.24, 2.45) is 5.73 Å². The zero-order valence-corrected chi connectivity index (χ0v) is 11.5. The van der Waals surface area contributed by atoms with E-state index in [1.54, 1.807) is 0 Å². The van der Waals surface area contributed by atoms with Crippen molar-refractivity contribution in [3.63, 3.8) is 0 Å². The molecule has 0 aromatic carbocycles. The molecule has 0 radical (unpaired) electrons. The maximum Gasteiger partial charge on any atom is 0.0589 e. The number of nitrogens with two attached hydrogens (primary N) is 1. The van der Waals surface area contributed by atoms with Crippen molar-refractivity contribution >= 4 is 0 Å². The zero-order valence-electron chi connectivity index (χ0n) is 11.5. The van der Waals surface area contributed by atoms with Gasteiger partial charge in [0.1, 0.15) is 0 Å². The monoisotopic (exact) mass is 240 g/mol. The van der Waals surface area contributed by atoms with Gasteiger partial charge in [0, 0.05) is 25.2 Å². The van der Waals surface area contributed by atoms with Crippen LogP contribution < -0.4 is 5.73 Å². The Bertz CT molecular complexity index is 242. The van der Waals surface area contributed by atoms with E-state index in [9.17, 15) is 0 Å². The highest BCUT2D eigenvalue weighted by molar-refractivity contribution is 5.02. The Balaban J connectivity index is 2.09. The molecule has 2 unspecified atom stereocenters. The van der Waals surface area contributed by atoms with Crippen LogP contribution in [0.4, 0.5) is 0 Å². The summed E-state index contributed by atoms with van der Waals surface area (Å²) in [7, 11) is 1.85. The van der Waals surface area contributed by atoms with Crippen LogP contribution in [0.5, 0.6) is 0 Å². The topological polar surface area (TPSA) is 38.5 Å². The predicted octanol–water partition coefficient (Wildman–Crippen LogP) is 2.15. The molecule has 2 fully saturated rings. The average Bonchev–Trinajstić information content (AvgIpc) is 3.20. The van der Waals surface area contributed by atoms with Gasteiger partial charge in [-0.25, -0.2) is 0 Å². The number of hydrogen-bond donors (Lipinski definition) is 1. The second kappa shape index (κ2) is 5.68. The van der Waals surface area contributed by atoms with Gasteiger partial charge in [-0.05, 0) is 51.5 Å². The SMILES string of the molecule is CCCN(C1CC1)C1(CN)CCCC(OC)C1. The lowest BCUT2D eigenvalue weighted by Crippen LogP contribution is -2.58. The minimum absolute atomic E-state index is 0.232. The molecular weight excluding hydrogens is 212 g/mol.